The molecular weight excluding hydrogens is 428 g/mol. The Morgan fingerprint density at radius 3 is 2.81 bits per heavy atom. The Labute approximate surface area is 169 Å². The predicted molar refractivity (Wildman–Crippen MR) is 112 cm³/mol. The average Bonchev–Trinajstić information content (AvgIpc) is 3.32. The molecule has 7 nitrogen and oxygen atoms in total. The Hall–Kier alpha value is -1.81. The fourth-order valence-electron chi connectivity index (χ4n) is 3.24. The van der Waals surface area contributed by atoms with Crippen LogP contribution in [0.1, 0.15) is 6.92 Å². The van der Waals surface area contributed by atoms with Crippen LogP contribution in [-0.4, -0.2) is 70.2 Å². The van der Waals surface area contributed by atoms with Crippen LogP contribution in [0.3, 0.4) is 0 Å². The highest BCUT2D eigenvalue weighted by atomic mass is 79.9. The number of aromatic nitrogens is 3. The van der Waals surface area contributed by atoms with Gasteiger partial charge in [-0.3, -0.25) is 14.8 Å². The van der Waals surface area contributed by atoms with E-state index in [9.17, 15) is 4.79 Å². The number of anilines is 1. The molecule has 4 rings (SSSR count). The molecule has 0 spiro atoms. The molecule has 0 radical (unpaired) electrons. The van der Waals surface area contributed by atoms with Crippen LogP contribution in [0.2, 0.25) is 0 Å². The Morgan fingerprint density at radius 1 is 1.33 bits per heavy atom. The number of pyridine rings is 1. The lowest BCUT2D eigenvalue weighted by Gasteiger charge is -2.33. The highest BCUT2D eigenvalue weighted by Crippen LogP contribution is 2.33. The van der Waals surface area contributed by atoms with Crippen LogP contribution < -0.4 is 5.32 Å². The Kier molecular flexibility index (Phi) is 5.53. The molecule has 9 heteroatoms. The van der Waals surface area contributed by atoms with Gasteiger partial charge < -0.3 is 10.2 Å². The van der Waals surface area contributed by atoms with Crippen molar-refractivity contribution in [3.05, 3.63) is 28.1 Å². The molecule has 1 aliphatic rings. The minimum Gasteiger partial charge on any atom is -0.308 e. The zero-order chi connectivity index (χ0) is 18.8. The maximum atomic E-state index is 12.5. The van der Waals surface area contributed by atoms with Gasteiger partial charge in [0.2, 0.25) is 5.91 Å². The first-order chi connectivity index (χ1) is 13.1. The molecule has 0 aliphatic carbocycles. The molecular formula is C18H21BrN6OS. The van der Waals surface area contributed by atoms with Gasteiger partial charge in [-0.15, -0.1) is 11.3 Å². The smallest absolute Gasteiger partial charge is 0.239 e. The Morgan fingerprint density at radius 2 is 2.11 bits per heavy atom. The normalized spacial score (nSPS) is 16.1. The van der Waals surface area contributed by atoms with E-state index in [2.05, 4.69) is 53.2 Å². The number of thiophene rings is 1. The van der Waals surface area contributed by atoms with Gasteiger partial charge in [0.25, 0.3) is 0 Å². The van der Waals surface area contributed by atoms with Gasteiger partial charge in [0, 0.05) is 30.7 Å². The number of nitrogens with one attached hydrogen (secondary N) is 2. The standard InChI is InChI=1S/C18H21BrN6OS/c1-2-24-5-7-25(8-6-24)11-15(26)20-17-12-10-13(19)16(14-4-3-9-27-14)21-18(12)23-22-17/h3-4,9-10H,2,5-8,11H2,1H3,(H2,20,21,22,23,26). The summed E-state index contributed by atoms with van der Waals surface area (Å²) in [7, 11) is 0. The topological polar surface area (TPSA) is 77.1 Å². The molecule has 0 atom stereocenters. The van der Waals surface area contributed by atoms with Crippen molar-refractivity contribution < 1.29 is 4.79 Å². The summed E-state index contributed by atoms with van der Waals surface area (Å²) in [6, 6.07) is 5.98. The lowest BCUT2D eigenvalue weighted by molar-refractivity contribution is -0.117. The minimum absolute atomic E-state index is 0.0493. The lowest BCUT2D eigenvalue weighted by atomic mass is 10.2. The van der Waals surface area contributed by atoms with E-state index in [1.54, 1.807) is 11.3 Å². The zero-order valence-electron chi connectivity index (χ0n) is 15.0. The van der Waals surface area contributed by atoms with Crippen LogP contribution in [0.5, 0.6) is 0 Å². The summed E-state index contributed by atoms with van der Waals surface area (Å²) in [5.41, 5.74) is 1.53. The molecule has 1 fully saturated rings. The van der Waals surface area contributed by atoms with Crippen LogP contribution >= 0.6 is 27.3 Å². The molecule has 0 saturated carbocycles. The molecule has 0 aromatic carbocycles. The average molecular weight is 449 g/mol. The van der Waals surface area contributed by atoms with Crippen LogP contribution in [0, 0.1) is 0 Å². The largest absolute Gasteiger partial charge is 0.308 e. The fourth-order valence-corrected chi connectivity index (χ4v) is 4.63. The van der Waals surface area contributed by atoms with E-state index in [1.165, 1.54) is 0 Å². The minimum atomic E-state index is -0.0493. The van der Waals surface area contributed by atoms with Crippen LogP contribution in [-0.2, 0) is 4.79 Å². The van der Waals surface area contributed by atoms with Crippen LogP contribution in [0.15, 0.2) is 28.1 Å². The lowest BCUT2D eigenvalue weighted by Crippen LogP contribution is -2.48. The van der Waals surface area contributed by atoms with E-state index in [0.29, 0.717) is 18.0 Å². The van der Waals surface area contributed by atoms with Gasteiger partial charge in [-0.05, 0) is 40.0 Å². The van der Waals surface area contributed by atoms with Gasteiger partial charge in [0.15, 0.2) is 11.5 Å². The second kappa shape index (κ2) is 8.05. The molecule has 0 bridgehead atoms. The van der Waals surface area contributed by atoms with Crippen molar-refractivity contribution in [1.29, 1.82) is 0 Å². The third-order valence-corrected chi connectivity index (χ3v) is 6.28. The number of amides is 1. The number of hydrogen-bond donors (Lipinski definition) is 2. The van der Waals surface area contributed by atoms with Gasteiger partial charge in [-0.2, -0.15) is 5.10 Å². The molecule has 3 aromatic rings. The van der Waals surface area contributed by atoms with Crippen molar-refractivity contribution >= 4 is 50.0 Å². The number of rotatable bonds is 5. The summed E-state index contributed by atoms with van der Waals surface area (Å²) < 4.78 is 0.880. The number of nitrogens with zero attached hydrogens (tertiary/aromatic N) is 4. The van der Waals surface area contributed by atoms with Crippen molar-refractivity contribution in [1.82, 2.24) is 25.0 Å². The van der Waals surface area contributed by atoms with Crippen molar-refractivity contribution in [3.63, 3.8) is 0 Å². The van der Waals surface area contributed by atoms with E-state index < -0.39 is 0 Å². The first-order valence-corrected chi connectivity index (χ1v) is 10.6. The molecule has 2 N–H and O–H groups in total. The number of H-pyrrole nitrogens is 1. The van der Waals surface area contributed by atoms with Crippen LogP contribution in [0.4, 0.5) is 5.82 Å². The first-order valence-electron chi connectivity index (χ1n) is 8.97. The fraction of sp³-hybridized carbons (Fsp3) is 0.389. The summed E-state index contributed by atoms with van der Waals surface area (Å²) in [5.74, 6) is 0.472. The van der Waals surface area contributed by atoms with Crippen molar-refractivity contribution in [2.75, 3.05) is 44.6 Å². The third kappa shape index (κ3) is 4.06. The Balaban J connectivity index is 1.46. The van der Waals surface area contributed by atoms with E-state index in [-0.39, 0.29) is 5.91 Å². The summed E-state index contributed by atoms with van der Waals surface area (Å²) in [6.07, 6.45) is 0. The highest BCUT2D eigenvalue weighted by molar-refractivity contribution is 9.10. The number of piperazine rings is 1. The quantitative estimate of drug-likeness (QED) is 0.626. The van der Waals surface area contributed by atoms with Crippen molar-refractivity contribution in [2.24, 2.45) is 0 Å². The van der Waals surface area contributed by atoms with Crippen molar-refractivity contribution in [2.45, 2.75) is 6.92 Å². The second-order valence-corrected chi connectivity index (χ2v) is 8.33. The SMILES string of the molecule is CCN1CCN(CC(=O)Nc2n[nH]c3nc(-c4cccs4)c(Br)cc23)CC1. The second-order valence-electron chi connectivity index (χ2n) is 6.52. The summed E-state index contributed by atoms with van der Waals surface area (Å²) in [4.78, 5) is 22.8. The molecule has 4 heterocycles. The van der Waals surface area contributed by atoms with E-state index >= 15 is 0 Å². The summed E-state index contributed by atoms with van der Waals surface area (Å²) in [6.45, 7) is 7.47. The van der Waals surface area contributed by atoms with Gasteiger partial charge in [-0.25, -0.2) is 4.98 Å². The van der Waals surface area contributed by atoms with Crippen LogP contribution in [0.25, 0.3) is 21.6 Å². The maximum Gasteiger partial charge on any atom is 0.239 e. The molecule has 1 aliphatic heterocycles. The van der Waals surface area contributed by atoms with Crippen molar-refractivity contribution in [3.8, 4) is 10.6 Å². The number of likely N-dealkylation sites (N-methyl/N-ethyl adjacent to an activating group) is 1. The maximum absolute atomic E-state index is 12.5. The monoisotopic (exact) mass is 448 g/mol. The molecule has 142 valence electrons. The molecule has 0 unspecified atom stereocenters. The van der Waals surface area contributed by atoms with Gasteiger partial charge in [-0.1, -0.05) is 13.0 Å². The number of fused-ring (bicyclic) bond motifs is 1. The zero-order valence-corrected chi connectivity index (χ0v) is 17.4. The molecule has 1 saturated heterocycles. The predicted octanol–water partition coefficient (Wildman–Crippen LogP) is 3.02. The molecule has 1 amide bonds. The Bertz CT molecular complexity index is 933. The third-order valence-electron chi connectivity index (χ3n) is 4.80. The van der Waals surface area contributed by atoms with Gasteiger partial charge >= 0.3 is 0 Å². The summed E-state index contributed by atoms with van der Waals surface area (Å²) >= 11 is 5.22. The summed E-state index contributed by atoms with van der Waals surface area (Å²) in [5, 5.41) is 12.9. The highest BCUT2D eigenvalue weighted by Gasteiger charge is 2.19. The van der Waals surface area contributed by atoms with E-state index in [4.69, 9.17) is 0 Å². The number of aromatic amines is 1. The van der Waals surface area contributed by atoms with Gasteiger partial charge in [0.05, 0.1) is 22.5 Å². The van der Waals surface area contributed by atoms with E-state index in [1.807, 2.05) is 23.6 Å². The van der Waals surface area contributed by atoms with E-state index in [0.717, 1.165) is 53.2 Å². The number of carbonyl (C=O) groups is 1. The number of carbonyl (C=O) groups excluding carboxylic acids is 1. The molecule has 3 aromatic heterocycles. The number of hydrogen-bond acceptors (Lipinski definition) is 6. The number of halogens is 1. The first kappa shape index (κ1) is 18.5. The molecule has 27 heavy (non-hydrogen) atoms. The van der Waals surface area contributed by atoms with Gasteiger partial charge in [0.1, 0.15) is 0 Å².